The Hall–Kier alpha value is -2.89. The van der Waals surface area contributed by atoms with Gasteiger partial charge in [-0.3, -0.25) is 9.59 Å². The zero-order chi connectivity index (χ0) is 20.4. The number of rotatable bonds is 5. The monoisotopic (exact) mass is 395 g/mol. The molecule has 4 rings (SSSR count). The molecular formula is C23H26FN3O2. The van der Waals surface area contributed by atoms with E-state index in [9.17, 15) is 14.0 Å². The van der Waals surface area contributed by atoms with Crippen LogP contribution in [0.5, 0.6) is 0 Å². The van der Waals surface area contributed by atoms with Crippen molar-refractivity contribution in [2.75, 3.05) is 38.1 Å². The summed E-state index contributed by atoms with van der Waals surface area (Å²) in [5.41, 5.74) is 0.716. The zero-order valence-corrected chi connectivity index (χ0v) is 16.7. The number of para-hydroxylation sites is 1. The largest absolute Gasteiger partial charge is 0.366 e. The third-order valence-corrected chi connectivity index (χ3v) is 5.94. The molecule has 0 radical (unpaired) electrons. The van der Waals surface area contributed by atoms with Gasteiger partial charge in [-0.1, -0.05) is 42.5 Å². The third kappa shape index (κ3) is 3.84. The molecule has 0 aromatic heterocycles. The van der Waals surface area contributed by atoms with Crippen LogP contribution >= 0.6 is 0 Å². The number of hydrogen-bond donors (Lipinski definition) is 0. The molecule has 2 fully saturated rings. The highest BCUT2D eigenvalue weighted by molar-refractivity contribution is 6.07. The van der Waals surface area contributed by atoms with Gasteiger partial charge in [-0.15, -0.1) is 0 Å². The first-order valence-electron chi connectivity index (χ1n) is 10.1. The normalized spacial score (nSPS) is 17.7. The predicted molar refractivity (Wildman–Crippen MR) is 110 cm³/mol. The maximum atomic E-state index is 14.0. The Morgan fingerprint density at radius 1 is 0.966 bits per heavy atom. The van der Waals surface area contributed by atoms with Crippen LogP contribution in [0.4, 0.5) is 10.1 Å². The second-order valence-electron chi connectivity index (χ2n) is 7.96. The Balaban J connectivity index is 1.38. The Morgan fingerprint density at radius 2 is 1.59 bits per heavy atom. The second-order valence-corrected chi connectivity index (χ2v) is 7.96. The number of carbonyl (C=O) groups excluding carboxylic acids is 2. The van der Waals surface area contributed by atoms with Crippen LogP contribution < -0.4 is 4.90 Å². The summed E-state index contributed by atoms with van der Waals surface area (Å²) in [7, 11) is 1.76. The predicted octanol–water partition coefficient (Wildman–Crippen LogP) is 2.91. The number of piperazine rings is 1. The van der Waals surface area contributed by atoms with Gasteiger partial charge < -0.3 is 14.7 Å². The van der Waals surface area contributed by atoms with E-state index in [1.165, 1.54) is 6.07 Å². The van der Waals surface area contributed by atoms with E-state index >= 15 is 0 Å². The van der Waals surface area contributed by atoms with Gasteiger partial charge in [-0.25, -0.2) is 4.39 Å². The number of halogens is 1. The van der Waals surface area contributed by atoms with Gasteiger partial charge >= 0.3 is 0 Å². The number of nitrogens with zero attached hydrogens (tertiary/aromatic N) is 3. The van der Waals surface area contributed by atoms with E-state index in [1.807, 2.05) is 41.3 Å². The molecule has 0 unspecified atom stereocenters. The van der Waals surface area contributed by atoms with Gasteiger partial charge in [0, 0.05) is 39.8 Å². The molecule has 2 aliphatic rings. The van der Waals surface area contributed by atoms with Crippen LogP contribution in [0.1, 0.15) is 18.4 Å². The molecule has 29 heavy (non-hydrogen) atoms. The maximum Gasteiger partial charge on any atom is 0.238 e. The standard InChI is InChI=1S/C23H26FN3O2/c1-25(17-18-7-3-2-4-8-18)21(28)23(11-12-23)22(29)27-15-13-26(14-16-27)20-10-6-5-9-19(20)24/h2-10H,11-17H2,1H3. The first-order valence-corrected chi connectivity index (χ1v) is 10.1. The summed E-state index contributed by atoms with van der Waals surface area (Å²) in [5, 5.41) is 0. The highest BCUT2D eigenvalue weighted by atomic mass is 19.1. The summed E-state index contributed by atoms with van der Waals surface area (Å²) in [4.78, 5) is 31.6. The molecule has 6 heteroatoms. The van der Waals surface area contributed by atoms with Crippen molar-refractivity contribution in [3.63, 3.8) is 0 Å². The minimum atomic E-state index is -0.899. The Bertz CT molecular complexity index is 890. The van der Waals surface area contributed by atoms with Crippen molar-refractivity contribution in [3.05, 3.63) is 66.0 Å². The number of amides is 2. The van der Waals surface area contributed by atoms with Gasteiger partial charge in [0.1, 0.15) is 11.2 Å². The average molecular weight is 395 g/mol. The fourth-order valence-electron chi connectivity index (χ4n) is 4.10. The first kappa shape index (κ1) is 19.4. The molecule has 152 valence electrons. The highest BCUT2D eigenvalue weighted by Crippen LogP contribution is 2.49. The summed E-state index contributed by atoms with van der Waals surface area (Å²) in [6.45, 7) is 2.64. The van der Waals surface area contributed by atoms with E-state index in [0.29, 0.717) is 51.3 Å². The third-order valence-electron chi connectivity index (χ3n) is 5.94. The molecule has 1 aliphatic carbocycles. The van der Waals surface area contributed by atoms with Crippen LogP contribution in [0.15, 0.2) is 54.6 Å². The molecule has 0 atom stereocenters. The van der Waals surface area contributed by atoms with Crippen molar-refractivity contribution >= 4 is 17.5 Å². The van der Waals surface area contributed by atoms with Gasteiger partial charge in [0.05, 0.1) is 5.69 Å². The molecule has 5 nitrogen and oxygen atoms in total. The molecule has 2 aromatic carbocycles. The molecule has 1 heterocycles. The molecule has 1 saturated carbocycles. The van der Waals surface area contributed by atoms with E-state index in [2.05, 4.69) is 0 Å². The van der Waals surface area contributed by atoms with Gasteiger partial charge in [-0.2, -0.15) is 0 Å². The van der Waals surface area contributed by atoms with Crippen molar-refractivity contribution in [1.82, 2.24) is 9.80 Å². The Kier molecular flexibility index (Phi) is 5.26. The van der Waals surface area contributed by atoms with Crippen molar-refractivity contribution in [1.29, 1.82) is 0 Å². The smallest absolute Gasteiger partial charge is 0.238 e. The lowest BCUT2D eigenvalue weighted by molar-refractivity contribution is -0.149. The van der Waals surface area contributed by atoms with Gasteiger partial charge in [0.15, 0.2) is 0 Å². The minimum absolute atomic E-state index is 0.0735. The van der Waals surface area contributed by atoms with Crippen LogP contribution in [-0.2, 0) is 16.1 Å². The van der Waals surface area contributed by atoms with Crippen molar-refractivity contribution in [3.8, 4) is 0 Å². The summed E-state index contributed by atoms with van der Waals surface area (Å²) in [5.74, 6) is -0.415. The lowest BCUT2D eigenvalue weighted by Crippen LogP contribution is -2.53. The van der Waals surface area contributed by atoms with Gasteiger partial charge in [0.2, 0.25) is 11.8 Å². The quantitative estimate of drug-likeness (QED) is 0.732. The number of hydrogen-bond acceptors (Lipinski definition) is 3. The van der Waals surface area contributed by atoms with Gasteiger partial charge in [-0.05, 0) is 30.5 Å². The fraction of sp³-hybridized carbons (Fsp3) is 0.391. The number of benzene rings is 2. The number of anilines is 1. The van der Waals surface area contributed by atoms with Crippen LogP contribution in [0.3, 0.4) is 0 Å². The van der Waals surface area contributed by atoms with Crippen LogP contribution in [0.2, 0.25) is 0 Å². The zero-order valence-electron chi connectivity index (χ0n) is 16.7. The molecular weight excluding hydrogens is 369 g/mol. The molecule has 1 saturated heterocycles. The summed E-state index contributed by atoms with van der Waals surface area (Å²) in [6, 6.07) is 16.5. The van der Waals surface area contributed by atoms with Crippen molar-refractivity contribution < 1.29 is 14.0 Å². The molecule has 0 bridgehead atoms. The molecule has 0 N–H and O–H groups in total. The minimum Gasteiger partial charge on any atom is -0.366 e. The number of carbonyl (C=O) groups is 2. The summed E-state index contributed by atoms with van der Waals surface area (Å²) in [6.07, 6.45) is 1.22. The van der Waals surface area contributed by atoms with Crippen LogP contribution in [0, 0.1) is 11.2 Å². The second kappa shape index (κ2) is 7.85. The SMILES string of the molecule is CN(Cc1ccccc1)C(=O)C1(C(=O)N2CCN(c3ccccc3F)CC2)CC1. The summed E-state index contributed by atoms with van der Waals surface area (Å²) >= 11 is 0. The van der Waals surface area contributed by atoms with Crippen LogP contribution in [-0.4, -0.2) is 54.8 Å². The highest BCUT2D eigenvalue weighted by Gasteiger charge is 2.59. The van der Waals surface area contributed by atoms with Crippen molar-refractivity contribution in [2.24, 2.45) is 5.41 Å². The maximum absolute atomic E-state index is 14.0. The first-order chi connectivity index (χ1) is 14.0. The molecule has 1 aliphatic heterocycles. The topological polar surface area (TPSA) is 43.9 Å². The fourth-order valence-corrected chi connectivity index (χ4v) is 4.10. The van der Waals surface area contributed by atoms with Crippen molar-refractivity contribution in [2.45, 2.75) is 19.4 Å². The molecule has 2 aromatic rings. The van der Waals surface area contributed by atoms with Gasteiger partial charge in [0.25, 0.3) is 0 Å². The molecule has 2 amide bonds. The van der Waals surface area contributed by atoms with E-state index in [-0.39, 0.29) is 17.6 Å². The summed E-state index contributed by atoms with van der Waals surface area (Å²) < 4.78 is 14.0. The molecule has 0 spiro atoms. The van der Waals surface area contributed by atoms with Crippen LogP contribution in [0.25, 0.3) is 0 Å². The lowest BCUT2D eigenvalue weighted by atomic mass is 10.0. The Morgan fingerprint density at radius 3 is 2.21 bits per heavy atom. The van der Waals surface area contributed by atoms with E-state index in [4.69, 9.17) is 0 Å². The average Bonchev–Trinajstić information content (AvgIpc) is 3.56. The van der Waals surface area contributed by atoms with E-state index in [0.717, 1.165) is 5.56 Å². The van der Waals surface area contributed by atoms with E-state index in [1.54, 1.807) is 29.0 Å². The Labute approximate surface area is 170 Å². The van der Waals surface area contributed by atoms with E-state index < -0.39 is 5.41 Å². The lowest BCUT2D eigenvalue weighted by Gasteiger charge is -2.38.